The first-order chi connectivity index (χ1) is 17.5. The summed E-state index contributed by atoms with van der Waals surface area (Å²) in [7, 11) is 0. The highest BCUT2D eigenvalue weighted by Gasteiger charge is 2.66. The maximum atomic E-state index is 13.4. The van der Waals surface area contributed by atoms with Crippen LogP contribution < -0.4 is 0 Å². The van der Waals surface area contributed by atoms with Gasteiger partial charge in [0.15, 0.2) is 5.78 Å². The topological polar surface area (TPSA) is 136 Å². The molecule has 0 aromatic heterocycles. The average Bonchev–Trinajstić information content (AvgIpc) is 3.22. The van der Waals surface area contributed by atoms with Crippen molar-refractivity contribution in [3.8, 4) is 0 Å². The normalized spacial score (nSPS) is 36.6. The van der Waals surface area contributed by atoms with Gasteiger partial charge in [-0.25, -0.2) is 4.79 Å². The van der Waals surface area contributed by atoms with E-state index in [1.165, 1.54) is 0 Å². The molecule has 3 aliphatic rings. The highest BCUT2D eigenvalue weighted by molar-refractivity contribution is 6.01. The number of rotatable bonds is 7. The molecule has 0 aromatic rings. The van der Waals surface area contributed by atoms with E-state index in [4.69, 9.17) is 14.2 Å². The largest absolute Gasteiger partial charge is 0.462 e. The van der Waals surface area contributed by atoms with Gasteiger partial charge in [-0.2, -0.15) is 0 Å². The molecule has 0 bridgehead atoms. The van der Waals surface area contributed by atoms with E-state index >= 15 is 0 Å². The number of Topliss-reactive ketones (excluding diaryl/α,β-unsaturated/α-hetero) is 1. The first-order valence-electron chi connectivity index (χ1n) is 13.0. The summed E-state index contributed by atoms with van der Waals surface area (Å²) in [5, 5.41) is 22.7. The summed E-state index contributed by atoms with van der Waals surface area (Å²) in [5.74, 6) is -3.45. The Morgan fingerprint density at radius 1 is 1.24 bits per heavy atom. The average molecular weight is 533 g/mol. The van der Waals surface area contributed by atoms with Gasteiger partial charge in [0.2, 0.25) is 0 Å². The number of aliphatic hydroxyl groups excluding tert-OH is 1. The highest BCUT2D eigenvalue weighted by atomic mass is 16.6. The Bertz CT molecular complexity index is 1090. The molecule has 0 spiro atoms. The number of hydrogen-bond acceptors (Lipinski definition) is 9. The van der Waals surface area contributed by atoms with E-state index in [-0.39, 0.29) is 12.0 Å². The van der Waals surface area contributed by atoms with Crippen molar-refractivity contribution >= 4 is 23.7 Å². The molecule has 2 N–H and O–H groups in total. The molecule has 0 radical (unpaired) electrons. The molecule has 0 aromatic carbocycles. The van der Waals surface area contributed by atoms with Gasteiger partial charge in [-0.3, -0.25) is 14.4 Å². The second-order valence-corrected chi connectivity index (χ2v) is 11.7. The quantitative estimate of drug-likeness (QED) is 0.219. The van der Waals surface area contributed by atoms with Crippen LogP contribution in [0.25, 0.3) is 0 Å². The van der Waals surface area contributed by atoms with Crippen LogP contribution in [0.2, 0.25) is 0 Å². The number of allylic oxidation sites excluding steroid dienone is 1. The fourth-order valence-corrected chi connectivity index (χ4v) is 6.19. The third-order valence-corrected chi connectivity index (χ3v) is 8.89. The second kappa shape index (κ2) is 10.4. The first kappa shape index (κ1) is 29.8. The molecule has 1 aliphatic heterocycles. The molecule has 1 heterocycles. The summed E-state index contributed by atoms with van der Waals surface area (Å²) in [6.45, 7) is 17.9. The Labute approximate surface area is 223 Å². The van der Waals surface area contributed by atoms with Gasteiger partial charge in [-0.05, 0) is 38.7 Å². The van der Waals surface area contributed by atoms with Crippen molar-refractivity contribution in [2.45, 2.75) is 91.1 Å². The van der Waals surface area contributed by atoms with Gasteiger partial charge < -0.3 is 24.4 Å². The molecule has 0 amide bonds. The van der Waals surface area contributed by atoms with Gasteiger partial charge in [-0.15, -0.1) is 0 Å². The van der Waals surface area contributed by atoms with E-state index in [1.807, 2.05) is 0 Å². The summed E-state index contributed by atoms with van der Waals surface area (Å²) < 4.78 is 16.8. The molecule has 9 nitrogen and oxygen atoms in total. The van der Waals surface area contributed by atoms with Crippen molar-refractivity contribution < 1.29 is 43.6 Å². The van der Waals surface area contributed by atoms with Crippen molar-refractivity contribution in [1.29, 1.82) is 0 Å². The van der Waals surface area contributed by atoms with Crippen molar-refractivity contribution in [3.63, 3.8) is 0 Å². The van der Waals surface area contributed by atoms with Crippen molar-refractivity contribution in [2.75, 3.05) is 6.61 Å². The monoisotopic (exact) mass is 532 g/mol. The van der Waals surface area contributed by atoms with Crippen LogP contribution in [0.5, 0.6) is 0 Å². The Kier molecular flexibility index (Phi) is 8.16. The molecule has 3 rings (SSSR count). The van der Waals surface area contributed by atoms with E-state index in [0.717, 1.165) is 0 Å². The summed E-state index contributed by atoms with van der Waals surface area (Å²) in [6.07, 6.45) is -1.59. The van der Waals surface area contributed by atoms with Gasteiger partial charge in [0.05, 0.1) is 12.3 Å². The number of carbonyl (C=O) groups is 4. The summed E-state index contributed by atoms with van der Waals surface area (Å²) >= 11 is 0. The van der Waals surface area contributed by atoms with Crippen LogP contribution in [0, 0.1) is 22.7 Å². The number of fused-ring (bicyclic) bond motifs is 1. The van der Waals surface area contributed by atoms with Gasteiger partial charge in [0.1, 0.15) is 30.5 Å². The van der Waals surface area contributed by atoms with Gasteiger partial charge >= 0.3 is 17.9 Å². The number of ether oxygens (including phenoxy) is 3. The summed E-state index contributed by atoms with van der Waals surface area (Å²) in [5.41, 5.74) is -3.28. The predicted octanol–water partition coefficient (Wildman–Crippen LogP) is 2.98. The predicted molar refractivity (Wildman–Crippen MR) is 137 cm³/mol. The zero-order valence-electron chi connectivity index (χ0n) is 23.2. The lowest BCUT2D eigenvalue weighted by molar-refractivity contribution is -0.188. The molecular formula is C29H40O9. The van der Waals surface area contributed by atoms with Crippen LogP contribution >= 0.6 is 0 Å². The minimum absolute atomic E-state index is 0.0606. The minimum atomic E-state index is -1.85. The van der Waals surface area contributed by atoms with Gasteiger partial charge in [0.25, 0.3) is 0 Å². The molecule has 9 heteroatoms. The van der Waals surface area contributed by atoms with E-state index in [0.29, 0.717) is 24.0 Å². The van der Waals surface area contributed by atoms with Crippen LogP contribution in [0.4, 0.5) is 0 Å². The maximum absolute atomic E-state index is 13.4. The number of cyclic esters (lactones) is 1. The number of carbonyl (C=O) groups excluding carboxylic acids is 4. The number of esters is 3. The zero-order valence-corrected chi connectivity index (χ0v) is 23.2. The lowest BCUT2D eigenvalue weighted by Crippen LogP contribution is -2.65. The molecule has 3 fully saturated rings. The van der Waals surface area contributed by atoms with Crippen LogP contribution in [0.3, 0.4) is 0 Å². The standard InChI is InChI=1S/C29H40O9/c1-9-16(4)26(34)38-20(29(35)13-21(30)36-14-29)12-27(7)18(6)22(31)24(32)28(8)17(5)10-11-19(23(27)28)37-25(33)15(2)3/h9,15,19-20,23-24,32,35H,5-6,10-14H2,1-4,7-8H3/b16-9+/t19-,20?,23-,24+,27+,28+,29?/m0/s1. The van der Waals surface area contributed by atoms with Crippen LogP contribution in [-0.4, -0.2) is 64.4 Å². The summed E-state index contributed by atoms with van der Waals surface area (Å²) in [6, 6.07) is 0. The smallest absolute Gasteiger partial charge is 0.333 e. The number of hydrogen-bond donors (Lipinski definition) is 2. The van der Waals surface area contributed by atoms with Crippen LogP contribution in [-0.2, 0) is 33.4 Å². The van der Waals surface area contributed by atoms with Gasteiger partial charge in [-0.1, -0.05) is 52.5 Å². The number of aliphatic hydroxyl groups is 2. The van der Waals surface area contributed by atoms with Crippen LogP contribution in [0.15, 0.2) is 36.0 Å². The Morgan fingerprint density at radius 2 is 1.87 bits per heavy atom. The van der Waals surface area contributed by atoms with Gasteiger partial charge in [0, 0.05) is 22.3 Å². The molecule has 7 atom stereocenters. The lowest BCUT2D eigenvalue weighted by atomic mass is 9.45. The van der Waals surface area contributed by atoms with Crippen molar-refractivity contribution in [3.05, 3.63) is 36.0 Å². The third-order valence-electron chi connectivity index (χ3n) is 8.89. The SMILES string of the molecule is C=C1CC[C@H](OC(=O)C(C)C)[C@@H]2[C@]1(C)[C@H](O)C(=O)C(=C)[C@@]2(C)CC(OC(=O)/C(C)=C/C)C1(O)COC(=O)C1. The Hall–Kier alpha value is -2.78. The lowest BCUT2D eigenvalue weighted by Gasteiger charge is -2.60. The molecule has 2 saturated carbocycles. The Balaban J connectivity index is 2.15. The fraction of sp³-hybridized carbons (Fsp3) is 0.655. The van der Waals surface area contributed by atoms with Crippen molar-refractivity contribution in [1.82, 2.24) is 0 Å². The number of ketones is 1. The fourth-order valence-electron chi connectivity index (χ4n) is 6.19. The second-order valence-electron chi connectivity index (χ2n) is 11.7. The maximum Gasteiger partial charge on any atom is 0.333 e. The Morgan fingerprint density at radius 3 is 2.39 bits per heavy atom. The first-order valence-corrected chi connectivity index (χ1v) is 13.0. The van der Waals surface area contributed by atoms with E-state index in [2.05, 4.69) is 13.2 Å². The third kappa shape index (κ3) is 4.86. The molecule has 2 unspecified atom stereocenters. The van der Waals surface area contributed by atoms with E-state index in [1.54, 1.807) is 47.6 Å². The van der Waals surface area contributed by atoms with Crippen molar-refractivity contribution in [2.24, 2.45) is 22.7 Å². The molecular weight excluding hydrogens is 492 g/mol. The molecule has 38 heavy (non-hydrogen) atoms. The molecule has 2 aliphatic carbocycles. The van der Waals surface area contributed by atoms with Crippen LogP contribution in [0.1, 0.15) is 67.2 Å². The summed E-state index contributed by atoms with van der Waals surface area (Å²) in [4.78, 5) is 51.0. The minimum Gasteiger partial charge on any atom is -0.462 e. The van der Waals surface area contributed by atoms with E-state index < -0.39 is 83.3 Å². The van der Waals surface area contributed by atoms with E-state index in [9.17, 15) is 29.4 Å². The highest BCUT2D eigenvalue weighted by Crippen LogP contribution is 2.62. The zero-order chi connectivity index (χ0) is 28.8. The molecule has 210 valence electrons. The molecule has 1 saturated heterocycles.